The van der Waals surface area contributed by atoms with Gasteiger partial charge in [-0.25, -0.2) is 0 Å². The van der Waals surface area contributed by atoms with Crippen LogP contribution in [0.25, 0.3) is 0 Å². The van der Waals surface area contributed by atoms with Crippen molar-refractivity contribution in [3.63, 3.8) is 0 Å². The molecule has 0 N–H and O–H groups in total. The van der Waals surface area contributed by atoms with Crippen LogP contribution in [0.5, 0.6) is 0 Å². The first-order valence-corrected chi connectivity index (χ1v) is 4.59. The van der Waals surface area contributed by atoms with Crippen molar-refractivity contribution < 1.29 is 19.3 Å². The quantitative estimate of drug-likeness (QED) is 0.303. The number of nitrogens with zero attached hydrogens (tertiary/aromatic N) is 2. The van der Waals surface area contributed by atoms with Gasteiger partial charge in [-0.15, -0.1) is 0 Å². The lowest BCUT2D eigenvalue weighted by atomic mass is 9.96. The summed E-state index contributed by atoms with van der Waals surface area (Å²) in [5.41, 5.74) is -1.07. The molecule has 1 aliphatic rings. The van der Waals surface area contributed by atoms with E-state index in [-0.39, 0.29) is 5.56 Å². The van der Waals surface area contributed by atoms with E-state index >= 15 is 0 Å². The molecule has 0 atom stereocenters. The summed E-state index contributed by atoms with van der Waals surface area (Å²) in [4.78, 5) is 45.3. The largest absolute Gasteiger partial charge is 0.301 e. The van der Waals surface area contributed by atoms with Crippen molar-refractivity contribution >= 4 is 23.3 Å². The third-order valence-corrected chi connectivity index (χ3v) is 2.50. The maximum Gasteiger partial charge on any atom is 0.301 e. The first-order valence-electron chi connectivity index (χ1n) is 4.59. The summed E-state index contributed by atoms with van der Waals surface area (Å²) in [7, 11) is 1.16. The Hall–Kier alpha value is -2.57. The van der Waals surface area contributed by atoms with Gasteiger partial charge in [0.05, 0.1) is 10.5 Å². The van der Waals surface area contributed by atoms with Gasteiger partial charge in [0.25, 0.3) is 17.4 Å². The van der Waals surface area contributed by atoms with Gasteiger partial charge in [0.15, 0.2) is 0 Å². The third kappa shape index (κ3) is 1.40. The van der Waals surface area contributed by atoms with Crippen LogP contribution >= 0.6 is 0 Å². The summed E-state index contributed by atoms with van der Waals surface area (Å²) in [5.74, 6) is -2.81. The molecule has 0 spiro atoms. The molecule has 86 valence electrons. The monoisotopic (exact) mass is 234 g/mol. The fourth-order valence-corrected chi connectivity index (χ4v) is 1.64. The molecule has 1 aliphatic heterocycles. The fraction of sp³-hybridized carbons (Fsp3) is 0.100. The number of likely N-dealkylation sites (N-methyl/N-ethyl adjacent to an activating group) is 1. The molecule has 2 rings (SSSR count). The molecule has 0 aliphatic carbocycles. The predicted octanol–water partition coefficient (Wildman–Crippen LogP) is 0.390. The van der Waals surface area contributed by atoms with Gasteiger partial charge in [0.2, 0.25) is 0 Å². The smallest absolute Gasteiger partial charge is 0.283 e. The summed E-state index contributed by atoms with van der Waals surface area (Å²) in [6.45, 7) is 0. The molecule has 0 saturated carbocycles. The van der Waals surface area contributed by atoms with E-state index in [9.17, 15) is 24.5 Å². The van der Waals surface area contributed by atoms with Gasteiger partial charge < -0.3 is 0 Å². The predicted molar refractivity (Wildman–Crippen MR) is 54.5 cm³/mol. The second-order valence-electron chi connectivity index (χ2n) is 3.46. The maximum atomic E-state index is 11.7. The number of fused-ring (bicyclic) bond motifs is 1. The Bertz CT molecular complexity index is 578. The number of carbonyl (C=O) groups is 3. The molecular weight excluding hydrogens is 228 g/mol. The molecule has 0 aromatic heterocycles. The number of hydrogen-bond donors (Lipinski definition) is 0. The van der Waals surface area contributed by atoms with Gasteiger partial charge in [-0.1, -0.05) is 6.07 Å². The molecule has 17 heavy (non-hydrogen) atoms. The lowest BCUT2D eigenvalue weighted by Crippen LogP contribution is -2.43. The molecule has 0 fully saturated rings. The summed E-state index contributed by atoms with van der Waals surface area (Å²) in [5, 5.41) is 10.7. The summed E-state index contributed by atoms with van der Waals surface area (Å²) >= 11 is 0. The molecule has 7 nitrogen and oxygen atoms in total. The second kappa shape index (κ2) is 3.48. The van der Waals surface area contributed by atoms with Crippen molar-refractivity contribution in [3.05, 3.63) is 39.4 Å². The first-order chi connectivity index (χ1) is 7.95. The highest BCUT2D eigenvalue weighted by atomic mass is 16.6. The minimum Gasteiger partial charge on any atom is -0.283 e. The van der Waals surface area contributed by atoms with E-state index in [0.717, 1.165) is 13.1 Å². The van der Waals surface area contributed by atoms with Gasteiger partial charge in [-0.2, -0.15) is 0 Å². The van der Waals surface area contributed by atoms with Crippen molar-refractivity contribution in [3.8, 4) is 0 Å². The Morgan fingerprint density at radius 2 is 1.82 bits per heavy atom. The van der Waals surface area contributed by atoms with Crippen LogP contribution < -0.4 is 0 Å². The number of nitro groups is 1. The Morgan fingerprint density at radius 1 is 1.18 bits per heavy atom. The number of carbonyl (C=O) groups excluding carboxylic acids is 3. The molecule has 0 bridgehead atoms. The molecule has 2 amide bonds. The number of rotatable bonds is 1. The average Bonchev–Trinajstić information content (AvgIpc) is 2.32. The van der Waals surface area contributed by atoms with E-state index in [1.165, 1.54) is 12.1 Å². The van der Waals surface area contributed by atoms with Crippen molar-refractivity contribution in [2.24, 2.45) is 0 Å². The van der Waals surface area contributed by atoms with Crippen molar-refractivity contribution in [2.45, 2.75) is 0 Å². The van der Waals surface area contributed by atoms with Crippen LogP contribution in [0.1, 0.15) is 20.7 Å². The van der Waals surface area contributed by atoms with Gasteiger partial charge in [-0.3, -0.25) is 29.4 Å². The number of hydrogen-bond acceptors (Lipinski definition) is 5. The standard InChI is InChI=1S/C10H6N2O5/c1-11-9(14)5-3-2-4-6(12(16)17)7(5)8(13)10(11)15/h2-4H,1H3. The molecular formula is C10H6N2O5. The normalized spacial score (nSPS) is 14.9. The second-order valence-corrected chi connectivity index (χ2v) is 3.46. The van der Waals surface area contributed by atoms with Crippen molar-refractivity contribution in [2.75, 3.05) is 7.05 Å². The number of ketones is 1. The van der Waals surface area contributed by atoms with Gasteiger partial charge in [0, 0.05) is 13.1 Å². The molecule has 0 saturated heterocycles. The van der Waals surface area contributed by atoms with Crippen LogP contribution in [0.3, 0.4) is 0 Å². The van der Waals surface area contributed by atoms with Crippen molar-refractivity contribution in [1.82, 2.24) is 4.90 Å². The molecule has 1 heterocycles. The fourth-order valence-electron chi connectivity index (χ4n) is 1.64. The van der Waals surface area contributed by atoms with E-state index in [0.29, 0.717) is 4.90 Å². The van der Waals surface area contributed by atoms with Crippen LogP contribution in [0, 0.1) is 10.1 Å². The molecule has 1 aromatic carbocycles. The Kier molecular flexibility index (Phi) is 2.24. The average molecular weight is 234 g/mol. The van der Waals surface area contributed by atoms with Gasteiger partial charge >= 0.3 is 5.91 Å². The topological polar surface area (TPSA) is 97.6 Å². The maximum absolute atomic E-state index is 11.7. The van der Waals surface area contributed by atoms with Crippen LogP contribution in [0.4, 0.5) is 5.69 Å². The van der Waals surface area contributed by atoms with Gasteiger partial charge in [0.1, 0.15) is 5.56 Å². The van der Waals surface area contributed by atoms with Crippen molar-refractivity contribution in [1.29, 1.82) is 0 Å². The highest BCUT2D eigenvalue weighted by Gasteiger charge is 2.40. The highest BCUT2D eigenvalue weighted by molar-refractivity contribution is 6.49. The van der Waals surface area contributed by atoms with E-state index in [4.69, 9.17) is 0 Å². The Morgan fingerprint density at radius 3 is 2.41 bits per heavy atom. The zero-order valence-corrected chi connectivity index (χ0v) is 8.67. The SMILES string of the molecule is CN1C(=O)C(=O)c2c(cccc2[N+](=O)[O-])C1=O. The van der Waals surface area contributed by atoms with Gasteiger partial charge in [-0.05, 0) is 6.07 Å². The van der Waals surface area contributed by atoms with E-state index in [1.54, 1.807) is 0 Å². The van der Waals surface area contributed by atoms with Crippen LogP contribution in [-0.2, 0) is 4.79 Å². The number of benzene rings is 1. The third-order valence-electron chi connectivity index (χ3n) is 2.50. The summed E-state index contributed by atoms with van der Waals surface area (Å²) < 4.78 is 0. The number of nitro benzene ring substituents is 1. The molecule has 0 radical (unpaired) electrons. The number of Topliss-reactive ketones (excluding diaryl/α,β-unsaturated/α-hetero) is 1. The zero-order chi connectivity index (χ0) is 12.7. The van der Waals surface area contributed by atoms with Crippen LogP contribution in [0.15, 0.2) is 18.2 Å². The lowest BCUT2D eigenvalue weighted by molar-refractivity contribution is -0.385. The molecule has 7 heteroatoms. The minimum atomic E-state index is -1.06. The number of amides is 2. The Labute approximate surface area is 94.8 Å². The summed E-state index contributed by atoms with van der Waals surface area (Å²) in [6.07, 6.45) is 0. The van der Waals surface area contributed by atoms with Crippen LogP contribution in [0.2, 0.25) is 0 Å². The molecule has 1 aromatic rings. The van der Waals surface area contributed by atoms with E-state index < -0.39 is 33.8 Å². The highest BCUT2D eigenvalue weighted by Crippen LogP contribution is 2.27. The molecule has 0 unspecified atom stereocenters. The zero-order valence-electron chi connectivity index (χ0n) is 8.67. The Balaban J connectivity index is 2.78. The van der Waals surface area contributed by atoms with E-state index in [1.807, 2.05) is 0 Å². The summed E-state index contributed by atoms with van der Waals surface area (Å²) in [6, 6.07) is 3.67. The minimum absolute atomic E-state index is 0.119. The van der Waals surface area contributed by atoms with Crippen LogP contribution in [-0.4, -0.2) is 34.5 Å². The number of imide groups is 1. The first kappa shape index (κ1) is 10.9. The van der Waals surface area contributed by atoms with E-state index in [2.05, 4.69) is 0 Å². The lowest BCUT2D eigenvalue weighted by Gasteiger charge is -2.21.